The Morgan fingerprint density at radius 1 is 0.470 bits per heavy atom. The Hall–Kier alpha value is -10.3. The maximum Gasteiger partial charge on any atom is 0.251 e. The maximum atomic E-state index is 14.5. The first kappa shape index (κ1) is 63.5. The van der Waals surface area contributed by atoms with Crippen LogP contribution in [-0.4, -0.2) is 153 Å². The molecule has 0 radical (unpaired) electrons. The Morgan fingerprint density at radius 2 is 0.867 bits per heavy atom. The minimum atomic E-state index is -1.38. The molecule has 2 heterocycles. The van der Waals surface area contributed by atoms with Crippen molar-refractivity contribution in [2.24, 2.45) is 88.0 Å². The average Bonchev–Trinajstić information content (AvgIpc) is 3.99. The van der Waals surface area contributed by atoms with Gasteiger partial charge in [-0.15, -0.1) is 10.2 Å². The second-order valence-electron chi connectivity index (χ2n) is 19.2. The summed E-state index contributed by atoms with van der Waals surface area (Å²) in [6, 6.07) is 14.4. The molecule has 28 N–H and O–H groups in total. The van der Waals surface area contributed by atoms with E-state index in [4.69, 9.17) is 63.1 Å². The number of nitrogens with one attached hydrogen (secondary N) is 6. The number of aliphatic imine (C=N–C) groups is 5. The third kappa shape index (κ3) is 20.7. The molecule has 0 unspecified atom stereocenters. The normalized spacial score (nSPS) is 12.7. The molecule has 6 amide bonds. The first-order valence-electron chi connectivity index (χ1n) is 26.6. The quantitative estimate of drug-likeness (QED) is 0.0106. The van der Waals surface area contributed by atoms with Crippen LogP contribution in [0.5, 0.6) is 0 Å². The molecule has 0 aliphatic heterocycles. The number of fused-ring (bicyclic) bond motifs is 3. The predicted octanol–water partition coefficient (Wildman–Crippen LogP) is -4.19. The zero-order chi connectivity index (χ0) is 60.4. The highest BCUT2D eigenvalue weighted by atomic mass is 16.2. The Labute approximate surface area is 477 Å². The molecule has 0 aliphatic rings. The van der Waals surface area contributed by atoms with Gasteiger partial charge in [-0.05, 0) is 111 Å². The highest BCUT2D eigenvalue weighted by Gasteiger charge is 2.32. The third-order valence-electron chi connectivity index (χ3n) is 12.8. The van der Waals surface area contributed by atoms with Crippen LogP contribution >= 0.6 is 0 Å². The van der Waals surface area contributed by atoms with Crippen molar-refractivity contribution in [2.75, 3.05) is 32.7 Å². The van der Waals surface area contributed by atoms with E-state index in [0.717, 1.165) is 32.9 Å². The fourth-order valence-electron chi connectivity index (χ4n) is 8.80. The average molecular weight is 1150 g/mol. The van der Waals surface area contributed by atoms with Gasteiger partial charge in [-0.2, -0.15) is 5.21 Å². The van der Waals surface area contributed by atoms with Crippen LogP contribution in [0.15, 0.2) is 91.7 Å². The topological polar surface area (TPSA) is 570 Å². The minimum absolute atomic E-state index is 0.0202. The number of guanidine groups is 5. The first-order chi connectivity index (χ1) is 39.7. The number of rotatable bonds is 34. The SMILES string of the molecule is NC(=O)[C@H](CCCN=C(N)N)NC(=O)[C@H](CCCN=C(N)N)NC(=O)[C@H](CCCN=C(N)N)NC(=O)[C@H](CCCN=C(N)N)NC(=O)[C@H](CCCN=C(N)N)NC(=O)c1ccc(Cn2c3ccccc3c3cc(-c4nn[nH]n4)ccc32)cc1. The van der Waals surface area contributed by atoms with Crippen molar-refractivity contribution < 1.29 is 28.8 Å². The zero-order valence-electron chi connectivity index (χ0n) is 45.9. The van der Waals surface area contributed by atoms with Crippen LogP contribution < -0.4 is 89.7 Å². The molecule has 5 rings (SSSR count). The Morgan fingerprint density at radius 3 is 1.28 bits per heavy atom. The summed E-state index contributed by atoms with van der Waals surface area (Å²) in [5.41, 5.74) is 64.8. The number of para-hydroxylation sites is 1. The van der Waals surface area contributed by atoms with E-state index in [1.165, 1.54) is 0 Å². The van der Waals surface area contributed by atoms with Crippen LogP contribution in [0.1, 0.15) is 80.1 Å². The lowest BCUT2D eigenvalue weighted by atomic mass is 10.0. The van der Waals surface area contributed by atoms with Crippen LogP contribution in [0.3, 0.4) is 0 Å². The lowest BCUT2D eigenvalue weighted by molar-refractivity contribution is -0.135. The van der Waals surface area contributed by atoms with Gasteiger partial charge in [-0.25, -0.2) is 0 Å². The van der Waals surface area contributed by atoms with Gasteiger partial charge in [0.25, 0.3) is 5.91 Å². The van der Waals surface area contributed by atoms with Crippen molar-refractivity contribution in [3.63, 3.8) is 0 Å². The number of benzene rings is 3. The van der Waals surface area contributed by atoms with Crippen LogP contribution in [0.25, 0.3) is 33.2 Å². The summed E-state index contributed by atoms with van der Waals surface area (Å²) in [6.45, 7) is 0.856. The summed E-state index contributed by atoms with van der Waals surface area (Å²) in [7, 11) is 0. The molecule has 0 spiro atoms. The highest BCUT2D eigenvalue weighted by Crippen LogP contribution is 2.32. The molecular formula is C51H76N26O6. The molecule has 32 heteroatoms. The highest BCUT2D eigenvalue weighted by molar-refractivity contribution is 6.09. The van der Waals surface area contributed by atoms with Gasteiger partial charge in [0, 0.05) is 72.2 Å². The molecule has 83 heavy (non-hydrogen) atoms. The van der Waals surface area contributed by atoms with Gasteiger partial charge in [0.05, 0.1) is 0 Å². The van der Waals surface area contributed by atoms with Crippen molar-refractivity contribution in [3.8, 4) is 11.4 Å². The molecular weight excluding hydrogens is 1070 g/mol. The first-order valence-corrected chi connectivity index (χ1v) is 26.6. The molecule has 32 nitrogen and oxygen atoms in total. The number of primary amides is 1. The van der Waals surface area contributed by atoms with E-state index in [9.17, 15) is 28.8 Å². The summed E-state index contributed by atoms with van der Waals surface area (Å²) in [6.07, 6.45) is 0.865. The lowest BCUT2D eigenvalue weighted by Gasteiger charge is -2.27. The molecule has 0 aliphatic carbocycles. The van der Waals surface area contributed by atoms with E-state index in [-0.39, 0.29) is 132 Å². The van der Waals surface area contributed by atoms with E-state index in [2.05, 4.69) is 76.7 Å². The maximum absolute atomic E-state index is 14.5. The zero-order valence-corrected chi connectivity index (χ0v) is 45.9. The molecule has 5 atom stereocenters. The number of hydrogen-bond donors (Lipinski definition) is 17. The molecule has 0 bridgehead atoms. The summed E-state index contributed by atoms with van der Waals surface area (Å²) in [5, 5.41) is 30.0. The number of amides is 6. The van der Waals surface area contributed by atoms with Crippen molar-refractivity contribution in [2.45, 2.75) is 101 Å². The fourth-order valence-corrected chi connectivity index (χ4v) is 8.80. The number of nitrogens with two attached hydrogens (primary N) is 11. The van der Waals surface area contributed by atoms with Gasteiger partial charge in [-0.1, -0.05) is 30.3 Å². The molecule has 3 aromatic carbocycles. The van der Waals surface area contributed by atoms with E-state index < -0.39 is 65.7 Å². The largest absolute Gasteiger partial charge is 0.370 e. The van der Waals surface area contributed by atoms with Gasteiger partial charge in [-0.3, -0.25) is 53.7 Å². The van der Waals surface area contributed by atoms with Crippen LogP contribution in [-0.2, 0) is 30.5 Å². The van der Waals surface area contributed by atoms with Gasteiger partial charge in [0.2, 0.25) is 35.4 Å². The summed E-state index contributed by atoms with van der Waals surface area (Å²) < 4.78 is 2.17. The van der Waals surface area contributed by atoms with Gasteiger partial charge in [0.1, 0.15) is 30.2 Å². The third-order valence-corrected chi connectivity index (χ3v) is 12.8. The summed E-state index contributed by atoms with van der Waals surface area (Å²) in [5.74, 6) is -5.17. The summed E-state index contributed by atoms with van der Waals surface area (Å²) >= 11 is 0. The number of nitrogens with zero attached hydrogens (tertiary/aromatic N) is 9. The smallest absolute Gasteiger partial charge is 0.251 e. The molecule has 2 aromatic heterocycles. The summed E-state index contributed by atoms with van der Waals surface area (Å²) in [4.78, 5) is 104. The Kier molecular flexibility index (Phi) is 24.6. The molecule has 0 saturated carbocycles. The molecule has 446 valence electrons. The Balaban J connectivity index is 1.38. The van der Waals surface area contributed by atoms with E-state index in [1.807, 2.05) is 54.6 Å². The number of carbonyl (C=O) groups is 6. The van der Waals surface area contributed by atoms with Crippen LogP contribution in [0, 0.1) is 0 Å². The van der Waals surface area contributed by atoms with Gasteiger partial charge >= 0.3 is 0 Å². The lowest BCUT2D eigenvalue weighted by Crippen LogP contribution is -2.59. The van der Waals surface area contributed by atoms with Crippen LogP contribution in [0.2, 0.25) is 0 Å². The van der Waals surface area contributed by atoms with E-state index in [1.54, 1.807) is 12.1 Å². The minimum Gasteiger partial charge on any atom is -0.370 e. The van der Waals surface area contributed by atoms with Crippen molar-refractivity contribution in [1.82, 2.24) is 51.8 Å². The Bertz CT molecular complexity index is 3140. The number of carbonyl (C=O) groups excluding carboxylic acids is 6. The van der Waals surface area contributed by atoms with E-state index >= 15 is 0 Å². The van der Waals surface area contributed by atoms with Crippen molar-refractivity contribution in [3.05, 3.63) is 77.9 Å². The molecule has 0 saturated heterocycles. The number of tetrazole rings is 1. The molecule has 0 fully saturated rings. The van der Waals surface area contributed by atoms with E-state index in [0.29, 0.717) is 12.4 Å². The van der Waals surface area contributed by atoms with Gasteiger partial charge in [0.15, 0.2) is 29.8 Å². The fraction of sp³-hybridized carbons (Fsp3) is 0.412. The number of hydrogen-bond acceptors (Lipinski definition) is 14. The van der Waals surface area contributed by atoms with Crippen molar-refractivity contribution >= 4 is 87.0 Å². The second-order valence-corrected chi connectivity index (χ2v) is 19.2. The number of aromatic amines is 1. The van der Waals surface area contributed by atoms with Crippen molar-refractivity contribution in [1.29, 1.82) is 0 Å². The number of H-pyrrole nitrogens is 1. The number of aromatic nitrogens is 5. The second kappa shape index (κ2) is 32.1. The standard InChI is InChI=1S/C51H76N26O6/c52-40(78)33(9-3-21-63-47(53)54)68-43(80)35(11-5-23-65-49(57)58)70-45(82)37(13-7-25-67-51(61)62)72-46(83)36(12-6-24-66-50(59)60)71-44(81)34(10-4-22-64-48(55)56)69-42(79)29-17-15-28(16-18-29)27-77-38-14-2-1-8-31(38)32-26-30(19-20-39(32)77)41-73-75-76-74-41/h1-2,8,14-20,26,33-37H,3-7,9-13,21-25,27H2,(H2,52,78)(H,68,80)(H,69,79)(H,70,82)(H,71,81)(H,72,83)(H4,53,54,63)(H4,55,56,64)(H4,57,58,65)(H4,59,60,66)(H4,61,62,67)(H,73,74,75,76)/t33-,34-,35-,36-,37-/m0/s1. The van der Waals surface area contributed by atoms with Gasteiger partial charge < -0.3 is 94.2 Å². The predicted molar refractivity (Wildman–Crippen MR) is 316 cm³/mol. The monoisotopic (exact) mass is 1150 g/mol. The van der Waals surface area contributed by atoms with Crippen LogP contribution in [0.4, 0.5) is 0 Å². The molecule has 5 aromatic rings.